The Morgan fingerprint density at radius 3 is 2.84 bits per heavy atom. The van der Waals surface area contributed by atoms with Crippen molar-refractivity contribution in [2.45, 2.75) is 38.7 Å². The van der Waals surface area contributed by atoms with Gasteiger partial charge in [0.15, 0.2) is 0 Å². The summed E-state index contributed by atoms with van der Waals surface area (Å²) in [5.41, 5.74) is 0.631. The number of aromatic nitrogens is 2. The van der Waals surface area contributed by atoms with E-state index in [0.29, 0.717) is 24.8 Å². The minimum atomic E-state index is -1.01. The van der Waals surface area contributed by atoms with Crippen molar-refractivity contribution in [2.24, 2.45) is 0 Å². The molecule has 104 valence electrons. The van der Waals surface area contributed by atoms with Crippen molar-refractivity contribution in [3.63, 3.8) is 0 Å². The van der Waals surface area contributed by atoms with Crippen LogP contribution in [0.15, 0.2) is 6.20 Å². The fourth-order valence-electron chi connectivity index (χ4n) is 2.04. The second-order valence-electron chi connectivity index (χ2n) is 5.08. The van der Waals surface area contributed by atoms with Gasteiger partial charge in [-0.05, 0) is 33.1 Å². The van der Waals surface area contributed by atoms with Crippen molar-refractivity contribution >= 4 is 11.9 Å². The summed E-state index contributed by atoms with van der Waals surface area (Å²) in [7, 11) is 0. The molecule has 0 spiro atoms. The maximum absolute atomic E-state index is 10.8. The van der Waals surface area contributed by atoms with Gasteiger partial charge in [0.05, 0.1) is 23.5 Å². The minimum absolute atomic E-state index is 0.0472. The summed E-state index contributed by atoms with van der Waals surface area (Å²) < 4.78 is 5.77. The molecular weight excluding hydrogens is 246 g/mol. The molecule has 0 radical (unpaired) electrons. The quantitative estimate of drug-likeness (QED) is 0.764. The van der Waals surface area contributed by atoms with Gasteiger partial charge in [0.25, 0.3) is 0 Å². The summed E-state index contributed by atoms with van der Waals surface area (Å²) >= 11 is 0. The Labute approximate surface area is 112 Å². The molecule has 2 rings (SSSR count). The van der Waals surface area contributed by atoms with Gasteiger partial charge in [-0.3, -0.25) is 0 Å². The molecular formula is C13H19N3O3. The lowest BCUT2D eigenvalue weighted by Crippen LogP contribution is -2.37. The minimum Gasteiger partial charge on any atom is -0.478 e. The fraction of sp³-hybridized carbons (Fsp3) is 0.615. The molecule has 1 aliphatic rings. The molecule has 0 bridgehead atoms. The zero-order chi connectivity index (χ0) is 13.9. The largest absolute Gasteiger partial charge is 0.478 e. The highest BCUT2D eigenvalue weighted by Crippen LogP contribution is 2.34. The maximum atomic E-state index is 10.8. The molecule has 19 heavy (non-hydrogen) atoms. The summed E-state index contributed by atoms with van der Waals surface area (Å²) in [5.74, 6) is -0.574. The van der Waals surface area contributed by atoms with E-state index < -0.39 is 5.97 Å². The van der Waals surface area contributed by atoms with E-state index in [1.54, 1.807) is 6.92 Å². The fourth-order valence-corrected chi connectivity index (χ4v) is 2.04. The van der Waals surface area contributed by atoms with Gasteiger partial charge >= 0.3 is 5.97 Å². The van der Waals surface area contributed by atoms with Crippen LogP contribution in [-0.4, -0.2) is 39.8 Å². The number of rotatable bonds is 6. The van der Waals surface area contributed by atoms with E-state index in [9.17, 15) is 4.79 Å². The third-order valence-corrected chi connectivity index (χ3v) is 3.46. The van der Waals surface area contributed by atoms with Crippen LogP contribution in [0, 0.1) is 6.92 Å². The summed E-state index contributed by atoms with van der Waals surface area (Å²) in [4.78, 5) is 18.9. The average molecular weight is 265 g/mol. The lowest BCUT2D eigenvalue weighted by atomic mass is 9.82. The number of hydrogen-bond donors (Lipinski definition) is 2. The number of nitrogens with zero attached hydrogens (tertiary/aromatic N) is 2. The van der Waals surface area contributed by atoms with Crippen LogP contribution in [0.4, 0.5) is 5.95 Å². The molecule has 6 heteroatoms. The standard InChI is InChI=1S/C13H19N3O3/c1-9-10(11(17)18)8-15-12(16-9)14-6-7-19-13(2)4-3-5-13/h8H,3-7H2,1-2H3,(H,17,18)(H,14,15,16). The molecule has 1 saturated carbocycles. The van der Waals surface area contributed by atoms with Crippen molar-refractivity contribution < 1.29 is 14.6 Å². The molecule has 0 atom stereocenters. The Kier molecular flexibility index (Phi) is 3.99. The summed E-state index contributed by atoms with van der Waals surface area (Å²) in [6.45, 7) is 4.99. The first-order valence-electron chi connectivity index (χ1n) is 6.45. The normalized spacial score (nSPS) is 16.7. The monoisotopic (exact) mass is 265 g/mol. The molecule has 1 fully saturated rings. The van der Waals surface area contributed by atoms with Gasteiger partial charge in [0.2, 0.25) is 5.95 Å². The Morgan fingerprint density at radius 1 is 1.58 bits per heavy atom. The first-order valence-corrected chi connectivity index (χ1v) is 6.45. The molecule has 0 amide bonds. The van der Waals surface area contributed by atoms with E-state index in [-0.39, 0.29) is 11.2 Å². The van der Waals surface area contributed by atoms with E-state index in [1.807, 2.05) is 0 Å². The second-order valence-corrected chi connectivity index (χ2v) is 5.08. The SMILES string of the molecule is Cc1nc(NCCOC2(C)CCC2)ncc1C(=O)O. The highest BCUT2D eigenvalue weighted by atomic mass is 16.5. The lowest BCUT2D eigenvalue weighted by Gasteiger charge is -2.38. The first kappa shape index (κ1) is 13.7. The first-order chi connectivity index (χ1) is 9.00. The van der Waals surface area contributed by atoms with Crippen LogP contribution in [-0.2, 0) is 4.74 Å². The van der Waals surface area contributed by atoms with E-state index in [0.717, 1.165) is 12.8 Å². The van der Waals surface area contributed by atoms with Gasteiger partial charge in [-0.1, -0.05) is 0 Å². The van der Waals surface area contributed by atoms with Crippen molar-refractivity contribution in [3.05, 3.63) is 17.5 Å². The number of anilines is 1. The number of carboxylic acid groups (broad SMARTS) is 1. The smallest absolute Gasteiger partial charge is 0.339 e. The van der Waals surface area contributed by atoms with E-state index >= 15 is 0 Å². The molecule has 0 unspecified atom stereocenters. The summed E-state index contributed by atoms with van der Waals surface area (Å²) in [6, 6.07) is 0. The predicted molar refractivity (Wildman–Crippen MR) is 70.4 cm³/mol. The molecule has 1 aromatic rings. The number of hydrogen-bond acceptors (Lipinski definition) is 5. The van der Waals surface area contributed by atoms with E-state index in [1.165, 1.54) is 12.6 Å². The van der Waals surface area contributed by atoms with Crippen LogP contribution >= 0.6 is 0 Å². The van der Waals surface area contributed by atoms with Crippen LogP contribution < -0.4 is 5.32 Å². The molecule has 2 N–H and O–H groups in total. The van der Waals surface area contributed by atoms with Crippen LogP contribution in [0.5, 0.6) is 0 Å². The van der Waals surface area contributed by atoms with Gasteiger partial charge < -0.3 is 15.2 Å². The highest BCUT2D eigenvalue weighted by Gasteiger charge is 2.32. The molecule has 1 aliphatic carbocycles. The van der Waals surface area contributed by atoms with E-state index in [2.05, 4.69) is 22.2 Å². The molecule has 0 aliphatic heterocycles. The Bertz CT molecular complexity index is 472. The Morgan fingerprint density at radius 2 is 2.32 bits per heavy atom. The van der Waals surface area contributed by atoms with Gasteiger partial charge in [-0.15, -0.1) is 0 Å². The second kappa shape index (κ2) is 5.52. The van der Waals surface area contributed by atoms with Crippen LogP contribution in [0.1, 0.15) is 42.2 Å². The number of nitrogens with one attached hydrogen (secondary N) is 1. The number of aromatic carboxylic acids is 1. The van der Waals surface area contributed by atoms with Gasteiger partial charge in [-0.25, -0.2) is 14.8 Å². The van der Waals surface area contributed by atoms with E-state index in [4.69, 9.17) is 9.84 Å². The Hall–Kier alpha value is -1.69. The maximum Gasteiger partial charge on any atom is 0.339 e. The molecule has 1 aromatic heterocycles. The van der Waals surface area contributed by atoms with Crippen molar-refractivity contribution in [2.75, 3.05) is 18.5 Å². The average Bonchev–Trinajstić information content (AvgIpc) is 2.32. The zero-order valence-corrected chi connectivity index (χ0v) is 11.3. The molecule has 1 heterocycles. The number of aryl methyl sites for hydroxylation is 1. The third kappa shape index (κ3) is 3.41. The number of carboxylic acids is 1. The van der Waals surface area contributed by atoms with Crippen molar-refractivity contribution in [1.29, 1.82) is 0 Å². The summed E-state index contributed by atoms with van der Waals surface area (Å²) in [6.07, 6.45) is 4.80. The van der Waals surface area contributed by atoms with Gasteiger partial charge in [0.1, 0.15) is 0 Å². The van der Waals surface area contributed by atoms with Crippen LogP contribution in [0.25, 0.3) is 0 Å². The zero-order valence-electron chi connectivity index (χ0n) is 11.3. The molecule has 0 aromatic carbocycles. The summed E-state index contributed by atoms with van der Waals surface area (Å²) in [5, 5.41) is 11.9. The van der Waals surface area contributed by atoms with Crippen LogP contribution in [0.3, 0.4) is 0 Å². The lowest BCUT2D eigenvalue weighted by molar-refractivity contribution is -0.0810. The molecule has 6 nitrogen and oxygen atoms in total. The number of ether oxygens (including phenoxy) is 1. The Balaban J connectivity index is 1.79. The number of carbonyl (C=O) groups is 1. The predicted octanol–water partition coefficient (Wildman–Crippen LogP) is 1.85. The highest BCUT2D eigenvalue weighted by molar-refractivity contribution is 5.88. The van der Waals surface area contributed by atoms with Crippen molar-refractivity contribution in [3.8, 4) is 0 Å². The third-order valence-electron chi connectivity index (χ3n) is 3.46. The van der Waals surface area contributed by atoms with Crippen LogP contribution in [0.2, 0.25) is 0 Å². The van der Waals surface area contributed by atoms with Gasteiger partial charge in [0, 0.05) is 12.7 Å². The molecule has 0 saturated heterocycles. The topological polar surface area (TPSA) is 84.3 Å². The van der Waals surface area contributed by atoms with Crippen molar-refractivity contribution in [1.82, 2.24) is 9.97 Å². The van der Waals surface area contributed by atoms with Gasteiger partial charge in [-0.2, -0.15) is 0 Å².